The number of nitrogens with one attached hydrogen (secondary N) is 2. The minimum Gasteiger partial charge on any atom is -0.464 e. The van der Waals surface area contributed by atoms with E-state index in [4.69, 9.17) is 24.2 Å². The Hall–Kier alpha value is -4.17. The number of aromatic nitrogens is 3. The number of hydrogen-bond donors (Lipinski definition) is 2. The summed E-state index contributed by atoms with van der Waals surface area (Å²) in [6, 6.07) is 8.96. The van der Waals surface area contributed by atoms with Crippen molar-refractivity contribution in [1.29, 1.82) is 0 Å². The highest BCUT2D eigenvalue weighted by atomic mass is 32.1. The second kappa shape index (κ2) is 15.7. The second-order valence-electron chi connectivity index (χ2n) is 15.2. The van der Waals surface area contributed by atoms with Crippen molar-refractivity contribution in [2.24, 2.45) is 11.3 Å². The molecule has 0 saturated carbocycles. The Morgan fingerprint density at radius 3 is 2.83 bits per heavy atom. The zero-order valence-electron chi connectivity index (χ0n) is 31.3. The lowest BCUT2D eigenvalue weighted by Gasteiger charge is -2.36. The predicted octanol–water partition coefficient (Wildman–Crippen LogP) is 5.63. The third kappa shape index (κ3) is 7.75. The molecule has 3 aromatic heterocycles. The molecule has 2 saturated heterocycles. The molecular weight excluding hydrogens is 693 g/mol. The van der Waals surface area contributed by atoms with Crippen LogP contribution in [0.25, 0.3) is 33.4 Å². The van der Waals surface area contributed by atoms with Crippen LogP contribution in [-0.4, -0.2) is 82.9 Å². The first-order valence-corrected chi connectivity index (χ1v) is 19.6. The van der Waals surface area contributed by atoms with Crippen molar-refractivity contribution in [2.45, 2.75) is 91.0 Å². The highest BCUT2D eigenvalue weighted by molar-refractivity contribution is 7.10. The SMILES string of the molecule is CCn1c(-c2cccnc2[C@H](C)OC)c2c3cc(ccc31)-c1csc(n1)C[C@H](NC(=O)[C@@H]1CCCOC1)C(=O)N1CCC[C@H](N1)C(=O)OCC(C)(C)C2. The molecule has 2 fully saturated rings. The Morgan fingerprint density at radius 2 is 2.06 bits per heavy atom. The zero-order valence-corrected chi connectivity index (χ0v) is 32.1. The molecule has 0 unspecified atom stereocenters. The Bertz CT molecular complexity index is 1980. The maximum absolute atomic E-state index is 14.1. The highest BCUT2D eigenvalue weighted by Gasteiger charge is 2.36. The topological polar surface area (TPSA) is 137 Å². The number of rotatable bonds is 6. The number of pyridine rings is 1. The van der Waals surface area contributed by atoms with Crippen LogP contribution in [-0.2, 0) is 48.0 Å². The molecule has 0 spiro atoms. The molecule has 6 heterocycles. The van der Waals surface area contributed by atoms with Crippen molar-refractivity contribution in [3.05, 3.63) is 58.2 Å². The number of carbonyl (C=O) groups excluding carboxylic acids is 3. The van der Waals surface area contributed by atoms with Crippen LogP contribution in [0.15, 0.2) is 41.9 Å². The van der Waals surface area contributed by atoms with Crippen LogP contribution in [0, 0.1) is 11.3 Å². The first-order chi connectivity index (χ1) is 25.6. The van der Waals surface area contributed by atoms with E-state index in [1.165, 1.54) is 16.3 Å². The average molecular weight is 743 g/mol. The number of fused-ring (bicyclic) bond motifs is 6. The van der Waals surface area contributed by atoms with Gasteiger partial charge in [0.25, 0.3) is 5.91 Å². The Labute approximate surface area is 314 Å². The molecule has 3 aliphatic heterocycles. The third-order valence-corrected chi connectivity index (χ3v) is 11.6. The van der Waals surface area contributed by atoms with Crippen molar-refractivity contribution >= 4 is 40.0 Å². The first-order valence-electron chi connectivity index (χ1n) is 18.8. The second-order valence-corrected chi connectivity index (χ2v) is 16.1. The van der Waals surface area contributed by atoms with Gasteiger partial charge in [0.1, 0.15) is 12.1 Å². The van der Waals surface area contributed by atoms with E-state index in [1.807, 2.05) is 18.4 Å². The van der Waals surface area contributed by atoms with Crippen molar-refractivity contribution < 1.29 is 28.6 Å². The summed E-state index contributed by atoms with van der Waals surface area (Å²) >= 11 is 1.47. The highest BCUT2D eigenvalue weighted by Crippen LogP contribution is 2.42. The lowest BCUT2D eigenvalue weighted by Crippen LogP contribution is -2.61. The van der Waals surface area contributed by atoms with Crippen LogP contribution in [0.1, 0.15) is 75.7 Å². The van der Waals surface area contributed by atoms with Gasteiger partial charge in [-0.2, -0.15) is 0 Å². The Balaban J connectivity index is 1.34. The number of methoxy groups -OCH3 is 1. The standard InChI is InChI=1S/C40H50N6O6S/c1-6-45-33-14-13-25-18-28(33)29(36(45)27-11-7-15-41-35(27)24(2)50-5)20-40(3,4)23-52-39(49)30-12-8-16-46(44-30)38(48)31(19-34-42-32(25)22-53-34)43-37(47)26-10-9-17-51-21-26/h7,11,13-15,18,22,24,26,30-31,44H,6,8-10,12,16-17,19-21,23H2,1-5H3,(H,43,47)/t24-,26+,30-,31-/m0/s1. The molecule has 2 N–H and O–H groups in total. The van der Waals surface area contributed by atoms with Crippen LogP contribution < -0.4 is 10.7 Å². The fraction of sp³-hybridized carbons (Fsp3) is 0.525. The zero-order chi connectivity index (χ0) is 37.3. The van der Waals surface area contributed by atoms with Crippen molar-refractivity contribution in [2.75, 3.05) is 33.5 Å². The predicted molar refractivity (Wildman–Crippen MR) is 203 cm³/mol. The van der Waals surface area contributed by atoms with Gasteiger partial charge in [0, 0.05) is 72.2 Å². The van der Waals surface area contributed by atoms with Crippen molar-refractivity contribution in [3.63, 3.8) is 0 Å². The van der Waals surface area contributed by atoms with E-state index in [9.17, 15) is 14.4 Å². The van der Waals surface area contributed by atoms with Crippen molar-refractivity contribution in [1.82, 2.24) is 30.3 Å². The molecule has 3 aliphatic rings. The summed E-state index contributed by atoms with van der Waals surface area (Å²) in [5, 5.41) is 8.35. The molecule has 12 nitrogen and oxygen atoms in total. The van der Waals surface area contributed by atoms with Gasteiger partial charge in [-0.05, 0) is 75.8 Å². The number of thiazole rings is 1. The first kappa shape index (κ1) is 37.2. The summed E-state index contributed by atoms with van der Waals surface area (Å²) in [7, 11) is 1.70. The molecule has 2 amide bonds. The Morgan fingerprint density at radius 1 is 1.21 bits per heavy atom. The van der Waals surface area contributed by atoms with Crippen LogP contribution >= 0.6 is 11.3 Å². The molecule has 6 bridgehead atoms. The third-order valence-electron chi connectivity index (χ3n) is 10.7. The van der Waals surface area contributed by atoms with Gasteiger partial charge in [-0.1, -0.05) is 19.9 Å². The molecule has 0 radical (unpaired) electrons. The average Bonchev–Trinajstić information content (AvgIpc) is 3.77. The van der Waals surface area contributed by atoms with Crippen molar-refractivity contribution in [3.8, 4) is 22.5 Å². The summed E-state index contributed by atoms with van der Waals surface area (Å²) < 4.78 is 19.8. The fourth-order valence-electron chi connectivity index (χ4n) is 7.80. The van der Waals surface area contributed by atoms with Crippen LogP contribution in [0.5, 0.6) is 0 Å². The molecule has 4 aromatic rings. The summed E-state index contributed by atoms with van der Waals surface area (Å²) in [5.41, 5.74) is 9.62. The van der Waals surface area contributed by atoms with E-state index < -0.39 is 23.5 Å². The molecule has 4 atom stereocenters. The van der Waals surface area contributed by atoms with E-state index in [2.05, 4.69) is 60.3 Å². The number of esters is 1. The number of benzene rings is 1. The lowest BCUT2D eigenvalue weighted by atomic mass is 9.84. The Kier molecular flexibility index (Phi) is 11.0. The summed E-state index contributed by atoms with van der Waals surface area (Å²) in [6.07, 6.45) is 5.08. The monoisotopic (exact) mass is 742 g/mol. The minimum atomic E-state index is -0.873. The number of amides is 2. The maximum atomic E-state index is 14.1. The van der Waals surface area contributed by atoms with E-state index in [0.717, 1.165) is 62.6 Å². The van der Waals surface area contributed by atoms with Gasteiger partial charge in [-0.3, -0.25) is 24.4 Å². The number of hydrogen-bond acceptors (Lipinski definition) is 10. The van der Waals surface area contributed by atoms with Gasteiger partial charge in [-0.25, -0.2) is 10.4 Å². The van der Waals surface area contributed by atoms with Gasteiger partial charge < -0.3 is 24.1 Å². The van der Waals surface area contributed by atoms with Gasteiger partial charge in [0.2, 0.25) is 5.91 Å². The van der Waals surface area contributed by atoms with Crippen LogP contribution in [0.4, 0.5) is 0 Å². The van der Waals surface area contributed by atoms with E-state index in [0.29, 0.717) is 45.4 Å². The van der Waals surface area contributed by atoms with Gasteiger partial charge in [0.15, 0.2) is 0 Å². The van der Waals surface area contributed by atoms with E-state index in [1.54, 1.807) is 13.3 Å². The molecule has 13 heteroatoms. The van der Waals surface area contributed by atoms with E-state index in [-0.39, 0.29) is 36.9 Å². The molecule has 0 aliphatic carbocycles. The molecule has 7 rings (SSSR count). The largest absolute Gasteiger partial charge is 0.464 e. The normalized spacial score (nSPS) is 23.0. The summed E-state index contributed by atoms with van der Waals surface area (Å²) in [4.78, 5) is 51.0. The summed E-state index contributed by atoms with van der Waals surface area (Å²) in [5.74, 6) is -1.23. The van der Waals surface area contributed by atoms with Crippen LogP contribution in [0.2, 0.25) is 0 Å². The molecular formula is C40H50N6O6S. The number of carbonyl (C=O) groups is 3. The van der Waals surface area contributed by atoms with Gasteiger partial charge >= 0.3 is 5.97 Å². The summed E-state index contributed by atoms with van der Waals surface area (Å²) in [6.45, 7) is 10.7. The fourth-order valence-corrected chi connectivity index (χ4v) is 8.65. The quantitative estimate of drug-likeness (QED) is 0.241. The maximum Gasteiger partial charge on any atom is 0.324 e. The number of nitrogens with zero attached hydrogens (tertiary/aromatic N) is 4. The molecule has 53 heavy (non-hydrogen) atoms. The number of hydrazine groups is 1. The molecule has 1 aromatic carbocycles. The lowest BCUT2D eigenvalue weighted by molar-refractivity contribution is -0.155. The number of aryl methyl sites for hydroxylation is 1. The number of ether oxygens (including phenoxy) is 3. The van der Waals surface area contributed by atoms with E-state index >= 15 is 0 Å². The number of cyclic esters (lactones) is 1. The van der Waals surface area contributed by atoms with Gasteiger partial charge in [-0.15, -0.1) is 11.3 Å². The smallest absolute Gasteiger partial charge is 0.324 e. The minimum absolute atomic E-state index is 0.182. The van der Waals surface area contributed by atoms with Gasteiger partial charge in [0.05, 0.1) is 47.3 Å². The van der Waals surface area contributed by atoms with Crippen LogP contribution in [0.3, 0.4) is 0 Å². The molecule has 282 valence electrons.